The van der Waals surface area contributed by atoms with Crippen LogP contribution in [0.1, 0.15) is 25.5 Å². The molecular weight excluding hydrogens is 200 g/mol. The predicted octanol–water partition coefficient (Wildman–Crippen LogP) is 2.64. The van der Waals surface area contributed by atoms with E-state index < -0.39 is 0 Å². The molecule has 0 saturated carbocycles. The van der Waals surface area contributed by atoms with E-state index >= 15 is 0 Å². The molecule has 0 bridgehead atoms. The van der Waals surface area contributed by atoms with Crippen molar-refractivity contribution in [1.29, 1.82) is 0 Å². The zero-order valence-corrected chi connectivity index (χ0v) is 9.42. The predicted molar refractivity (Wildman–Crippen MR) is 61.5 cm³/mol. The molecular formula is C13H14N2O. The standard InChI is InChI=1S/C13H14N2O/c1-13(2)12(15-8-7-14-9-15)10-5-3-4-6-11(10)16-13/h3-9,12H,1-2H3/t12-/m0/s1. The number of benzene rings is 1. The van der Waals surface area contributed by atoms with Crippen molar-refractivity contribution < 1.29 is 4.74 Å². The molecule has 1 aliphatic heterocycles. The monoisotopic (exact) mass is 214 g/mol. The summed E-state index contributed by atoms with van der Waals surface area (Å²) in [5, 5.41) is 0. The minimum atomic E-state index is -0.232. The van der Waals surface area contributed by atoms with Gasteiger partial charge < -0.3 is 9.30 Å². The second kappa shape index (κ2) is 3.11. The third-order valence-corrected chi connectivity index (χ3v) is 3.07. The van der Waals surface area contributed by atoms with Gasteiger partial charge in [-0.2, -0.15) is 0 Å². The van der Waals surface area contributed by atoms with Crippen LogP contribution in [0, 0.1) is 0 Å². The molecule has 1 aromatic carbocycles. The lowest BCUT2D eigenvalue weighted by molar-refractivity contribution is 0.0988. The fraction of sp³-hybridized carbons (Fsp3) is 0.308. The van der Waals surface area contributed by atoms with Crippen LogP contribution in [0.5, 0.6) is 5.75 Å². The first-order valence-corrected chi connectivity index (χ1v) is 5.44. The number of aromatic nitrogens is 2. The summed E-state index contributed by atoms with van der Waals surface area (Å²) < 4.78 is 8.09. The Balaban J connectivity index is 2.16. The SMILES string of the molecule is CC1(C)Oc2ccccc2[C@@H]1n1ccnc1. The molecule has 16 heavy (non-hydrogen) atoms. The van der Waals surface area contributed by atoms with E-state index in [1.54, 1.807) is 6.20 Å². The Morgan fingerprint density at radius 2 is 2.12 bits per heavy atom. The summed E-state index contributed by atoms with van der Waals surface area (Å²) >= 11 is 0. The van der Waals surface area contributed by atoms with Gasteiger partial charge in [-0.3, -0.25) is 0 Å². The highest BCUT2D eigenvalue weighted by atomic mass is 16.5. The maximum Gasteiger partial charge on any atom is 0.128 e. The second-order valence-electron chi connectivity index (χ2n) is 4.66. The van der Waals surface area contributed by atoms with Crippen molar-refractivity contribution in [3.8, 4) is 5.75 Å². The zero-order valence-electron chi connectivity index (χ0n) is 9.42. The average Bonchev–Trinajstić information content (AvgIpc) is 2.80. The minimum Gasteiger partial charge on any atom is -0.485 e. The molecule has 82 valence electrons. The van der Waals surface area contributed by atoms with E-state index in [0.717, 1.165) is 5.75 Å². The summed E-state index contributed by atoms with van der Waals surface area (Å²) in [4.78, 5) is 4.11. The van der Waals surface area contributed by atoms with E-state index in [-0.39, 0.29) is 11.6 Å². The number of hydrogen-bond acceptors (Lipinski definition) is 2. The molecule has 0 radical (unpaired) electrons. The van der Waals surface area contributed by atoms with Gasteiger partial charge in [-0.05, 0) is 19.9 Å². The molecule has 0 fully saturated rings. The molecule has 0 spiro atoms. The van der Waals surface area contributed by atoms with Gasteiger partial charge in [0.15, 0.2) is 0 Å². The molecule has 2 heterocycles. The van der Waals surface area contributed by atoms with Gasteiger partial charge in [-0.1, -0.05) is 18.2 Å². The quantitative estimate of drug-likeness (QED) is 0.729. The summed E-state index contributed by atoms with van der Waals surface area (Å²) in [6.45, 7) is 4.22. The summed E-state index contributed by atoms with van der Waals surface area (Å²) in [7, 11) is 0. The molecule has 3 heteroatoms. The van der Waals surface area contributed by atoms with Gasteiger partial charge in [0.2, 0.25) is 0 Å². The highest BCUT2D eigenvalue weighted by Gasteiger charge is 2.41. The number of para-hydroxylation sites is 1. The fourth-order valence-electron chi connectivity index (χ4n) is 2.45. The zero-order chi connectivity index (χ0) is 11.2. The molecule has 0 N–H and O–H groups in total. The Bertz CT molecular complexity index is 502. The van der Waals surface area contributed by atoms with Crippen molar-refractivity contribution in [2.75, 3.05) is 0 Å². The van der Waals surface area contributed by atoms with Crippen LogP contribution in [0.15, 0.2) is 43.0 Å². The summed E-state index contributed by atoms with van der Waals surface area (Å²) in [6.07, 6.45) is 5.63. The van der Waals surface area contributed by atoms with Crippen molar-refractivity contribution >= 4 is 0 Å². The normalized spacial score (nSPS) is 21.5. The van der Waals surface area contributed by atoms with E-state index in [0.29, 0.717) is 0 Å². The molecule has 0 saturated heterocycles. The first-order chi connectivity index (χ1) is 7.68. The number of nitrogens with zero attached hydrogens (tertiary/aromatic N) is 2. The van der Waals surface area contributed by atoms with Crippen LogP contribution in [-0.2, 0) is 0 Å². The summed E-state index contributed by atoms with van der Waals surface area (Å²) in [5.41, 5.74) is 0.996. The minimum absolute atomic E-state index is 0.200. The van der Waals surface area contributed by atoms with Crippen LogP contribution in [0.3, 0.4) is 0 Å². The molecule has 2 aromatic rings. The molecule has 0 aliphatic carbocycles. The van der Waals surface area contributed by atoms with Crippen LogP contribution in [0.2, 0.25) is 0 Å². The Kier molecular flexibility index (Phi) is 1.84. The van der Waals surface area contributed by atoms with E-state index in [9.17, 15) is 0 Å². The molecule has 3 rings (SSSR count). The third kappa shape index (κ3) is 1.24. The van der Waals surface area contributed by atoms with Crippen LogP contribution in [0.25, 0.3) is 0 Å². The highest BCUT2D eigenvalue weighted by Crippen LogP contribution is 2.44. The molecule has 3 nitrogen and oxygen atoms in total. The first-order valence-electron chi connectivity index (χ1n) is 5.44. The number of rotatable bonds is 1. The van der Waals surface area contributed by atoms with Crippen molar-refractivity contribution in [3.05, 3.63) is 48.5 Å². The lowest BCUT2D eigenvalue weighted by Crippen LogP contribution is -2.34. The summed E-state index contributed by atoms with van der Waals surface area (Å²) in [5.74, 6) is 0.978. The van der Waals surface area contributed by atoms with Gasteiger partial charge in [0.25, 0.3) is 0 Å². The molecule has 1 atom stereocenters. The average molecular weight is 214 g/mol. The summed E-state index contributed by atoms with van der Waals surface area (Å²) in [6, 6.07) is 8.40. The number of hydrogen-bond donors (Lipinski definition) is 0. The number of fused-ring (bicyclic) bond motifs is 1. The van der Waals surface area contributed by atoms with E-state index in [1.807, 2.05) is 30.7 Å². The van der Waals surface area contributed by atoms with Gasteiger partial charge in [0.1, 0.15) is 17.4 Å². The van der Waals surface area contributed by atoms with Crippen molar-refractivity contribution in [1.82, 2.24) is 9.55 Å². The lowest BCUT2D eigenvalue weighted by atomic mass is 9.94. The van der Waals surface area contributed by atoms with Gasteiger partial charge in [0.05, 0.1) is 6.33 Å². The third-order valence-electron chi connectivity index (χ3n) is 3.07. The molecule has 0 amide bonds. The maximum absolute atomic E-state index is 5.98. The second-order valence-corrected chi connectivity index (χ2v) is 4.66. The molecule has 0 unspecified atom stereocenters. The van der Waals surface area contributed by atoms with Crippen LogP contribution in [0.4, 0.5) is 0 Å². The topological polar surface area (TPSA) is 27.1 Å². The first kappa shape index (κ1) is 9.46. The Morgan fingerprint density at radius 3 is 2.88 bits per heavy atom. The van der Waals surface area contributed by atoms with Crippen molar-refractivity contribution in [3.63, 3.8) is 0 Å². The Labute approximate surface area is 94.7 Å². The largest absolute Gasteiger partial charge is 0.485 e. The van der Waals surface area contributed by atoms with Crippen LogP contribution in [-0.4, -0.2) is 15.2 Å². The Morgan fingerprint density at radius 1 is 1.31 bits per heavy atom. The number of ether oxygens (including phenoxy) is 1. The van der Waals surface area contributed by atoms with Crippen LogP contribution < -0.4 is 4.74 Å². The van der Waals surface area contributed by atoms with E-state index in [4.69, 9.17) is 4.74 Å². The van der Waals surface area contributed by atoms with E-state index in [2.05, 4.69) is 29.5 Å². The van der Waals surface area contributed by atoms with Gasteiger partial charge in [0, 0.05) is 18.0 Å². The molecule has 1 aliphatic rings. The maximum atomic E-state index is 5.98. The van der Waals surface area contributed by atoms with Crippen molar-refractivity contribution in [2.45, 2.75) is 25.5 Å². The van der Waals surface area contributed by atoms with Crippen molar-refractivity contribution in [2.24, 2.45) is 0 Å². The molecule has 1 aromatic heterocycles. The van der Waals surface area contributed by atoms with Gasteiger partial charge in [-0.25, -0.2) is 4.98 Å². The van der Waals surface area contributed by atoms with Crippen LogP contribution >= 0.6 is 0 Å². The van der Waals surface area contributed by atoms with Gasteiger partial charge in [-0.15, -0.1) is 0 Å². The van der Waals surface area contributed by atoms with Gasteiger partial charge >= 0.3 is 0 Å². The number of imidazole rings is 1. The Hall–Kier alpha value is -1.77. The highest BCUT2D eigenvalue weighted by molar-refractivity contribution is 5.42. The smallest absolute Gasteiger partial charge is 0.128 e. The fourth-order valence-corrected chi connectivity index (χ4v) is 2.45. The van der Waals surface area contributed by atoms with E-state index in [1.165, 1.54) is 5.56 Å². The lowest BCUT2D eigenvalue weighted by Gasteiger charge is -2.27.